The minimum atomic E-state index is -3.64. The van der Waals surface area contributed by atoms with Crippen molar-refractivity contribution in [2.75, 3.05) is 38.2 Å². The van der Waals surface area contributed by atoms with Crippen LogP contribution in [0.4, 0.5) is 5.82 Å². The Labute approximate surface area is 177 Å². The molecule has 1 aliphatic rings. The van der Waals surface area contributed by atoms with Crippen LogP contribution in [-0.2, 0) is 10.0 Å². The summed E-state index contributed by atoms with van der Waals surface area (Å²) in [5, 5.41) is 0. The van der Waals surface area contributed by atoms with Crippen LogP contribution in [0.2, 0.25) is 0 Å². The smallest absolute Gasteiger partial charge is 0.246 e. The van der Waals surface area contributed by atoms with Gasteiger partial charge in [0.1, 0.15) is 22.8 Å². The predicted molar refractivity (Wildman–Crippen MR) is 116 cm³/mol. The monoisotopic (exact) mass is 424 g/mol. The van der Waals surface area contributed by atoms with E-state index < -0.39 is 10.0 Å². The molecular formula is C22H24N4O3S. The van der Waals surface area contributed by atoms with E-state index in [9.17, 15) is 8.42 Å². The molecule has 0 spiro atoms. The lowest BCUT2D eigenvalue weighted by Crippen LogP contribution is -2.49. The van der Waals surface area contributed by atoms with E-state index in [0.29, 0.717) is 31.9 Å². The number of piperazine rings is 1. The summed E-state index contributed by atoms with van der Waals surface area (Å²) in [6.45, 7) is 3.74. The summed E-state index contributed by atoms with van der Waals surface area (Å²) in [5.74, 6) is 1.17. The van der Waals surface area contributed by atoms with E-state index in [1.165, 1.54) is 11.4 Å². The fourth-order valence-corrected chi connectivity index (χ4v) is 5.23. The maximum Gasteiger partial charge on any atom is 0.246 e. The van der Waals surface area contributed by atoms with E-state index >= 15 is 0 Å². The van der Waals surface area contributed by atoms with Crippen LogP contribution in [0.25, 0.3) is 11.3 Å². The number of sulfonamides is 1. The van der Waals surface area contributed by atoms with Crippen molar-refractivity contribution in [1.29, 1.82) is 0 Å². The lowest BCUT2D eigenvalue weighted by atomic mass is 10.1. The van der Waals surface area contributed by atoms with Gasteiger partial charge in [-0.2, -0.15) is 4.31 Å². The summed E-state index contributed by atoms with van der Waals surface area (Å²) in [6.07, 6.45) is 1.55. The molecule has 0 radical (unpaired) electrons. The Morgan fingerprint density at radius 3 is 2.37 bits per heavy atom. The van der Waals surface area contributed by atoms with Gasteiger partial charge in [-0.05, 0) is 24.6 Å². The molecule has 30 heavy (non-hydrogen) atoms. The number of methoxy groups -OCH3 is 1. The highest BCUT2D eigenvalue weighted by molar-refractivity contribution is 7.89. The van der Waals surface area contributed by atoms with Gasteiger partial charge in [0.25, 0.3) is 0 Å². The summed E-state index contributed by atoms with van der Waals surface area (Å²) < 4.78 is 33.2. The molecule has 0 N–H and O–H groups in total. The van der Waals surface area contributed by atoms with Crippen molar-refractivity contribution in [3.63, 3.8) is 0 Å². The second kappa shape index (κ2) is 8.41. The molecule has 0 atom stereocenters. The summed E-state index contributed by atoms with van der Waals surface area (Å²) in [7, 11) is -2.15. The minimum Gasteiger partial charge on any atom is -0.495 e. The minimum absolute atomic E-state index is 0.215. The molecular weight excluding hydrogens is 400 g/mol. The van der Waals surface area contributed by atoms with Crippen LogP contribution in [0.1, 0.15) is 5.56 Å². The standard InChI is InChI=1S/C22H24N4O3S/c1-17-8-9-20(29-2)21(14-17)30(27,28)26-12-10-25(11-13-26)22-15-19(23-16-24-22)18-6-4-3-5-7-18/h3-9,14-16H,10-13H2,1-2H3. The molecule has 1 aliphatic heterocycles. The molecule has 8 heteroatoms. The second-order valence-corrected chi connectivity index (χ2v) is 9.08. The van der Waals surface area contributed by atoms with Crippen molar-refractivity contribution < 1.29 is 13.2 Å². The highest BCUT2D eigenvalue weighted by atomic mass is 32.2. The van der Waals surface area contributed by atoms with E-state index in [1.54, 1.807) is 18.5 Å². The fourth-order valence-electron chi connectivity index (χ4n) is 3.57. The molecule has 7 nitrogen and oxygen atoms in total. The molecule has 2 aromatic carbocycles. The Morgan fingerprint density at radius 1 is 0.933 bits per heavy atom. The van der Waals surface area contributed by atoms with E-state index in [4.69, 9.17) is 4.74 Å². The number of aryl methyl sites for hydroxylation is 1. The highest BCUT2D eigenvalue weighted by Crippen LogP contribution is 2.29. The molecule has 0 aliphatic carbocycles. The van der Waals surface area contributed by atoms with Crippen molar-refractivity contribution in [2.24, 2.45) is 0 Å². The molecule has 3 aromatic rings. The van der Waals surface area contributed by atoms with Crippen molar-refractivity contribution in [3.05, 3.63) is 66.5 Å². The zero-order valence-corrected chi connectivity index (χ0v) is 17.8. The number of hydrogen-bond acceptors (Lipinski definition) is 6. The third-order valence-electron chi connectivity index (χ3n) is 5.22. The number of nitrogens with zero attached hydrogens (tertiary/aromatic N) is 4. The van der Waals surface area contributed by atoms with E-state index in [1.807, 2.05) is 49.4 Å². The van der Waals surface area contributed by atoms with Gasteiger partial charge in [0.15, 0.2) is 0 Å². The zero-order valence-electron chi connectivity index (χ0n) is 17.0. The average molecular weight is 425 g/mol. The summed E-state index contributed by atoms with van der Waals surface area (Å²) in [4.78, 5) is 11.1. The first-order valence-corrected chi connectivity index (χ1v) is 11.2. The van der Waals surface area contributed by atoms with Gasteiger partial charge in [0.2, 0.25) is 10.0 Å². The summed E-state index contributed by atoms with van der Waals surface area (Å²) in [6, 6.07) is 17.1. The van der Waals surface area contributed by atoms with E-state index in [0.717, 1.165) is 22.6 Å². The maximum atomic E-state index is 13.2. The lowest BCUT2D eigenvalue weighted by molar-refractivity contribution is 0.373. The Kier molecular flexibility index (Phi) is 5.69. The Hall–Kier alpha value is -2.97. The van der Waals surface area contributed by atoms with Crippen molar-refractivity contribution in [2.45, 2.75) is 11.8 Å². The summed E-state index contributed by atoms with van der Waals surface area (Å²) in [5.41, 5.74) is 2.75. The van der Waals surface area contributed by atoms with E-state index in [-0.39, 0.29) is 4.90 Å². The average Bonchev–Trinajstić information content (AvgIpc) is 2.80. The molecule has 4 rings (SSSR count). The van der Waals surface area contributed by atoms with Gasteiger partial charge in [0, 0.05) is 37.8 Å². The second-order valence-electron chi connectivity index (χ2n) is 7.17. The number of aromatic nitrogens is 2. The first kappa shape index (κ1) is 20.3. The largest absolute Gasteiger partial charge is 0.495 e. The van der Waals surface area contributed by atoms with Crippen LogP contribution >= 0.6 is 0 Å². The third-order valence-corrected chi connectivity index (χ3v) is 7.14. The molecule has 2 heterocycles. The van der Waals surface area contributed by atoms with Crippen LogP contribution in [0.3, 0.4) is 0 Å². The summed E-state index contributed by atoms with van der Waals surface area (Å²) >= 11 is 0. The molecule has 0 saturated carbocycles. The van der Waals surface area contributed by atoms with Gasteiger partial charge in [-0.3, -0.25) is 0 Å². The molecule has 156 valence electrons. The first-order chi connectivity index (χ1) is 14.5. The van der Waals surface area contributed by atoms with Crippen LogP contribution in [0, 0.1) is 6.92 Å². The molecule has 1 aromatic heterocycles. The van der Waals surface area contributed by atoms with Crippen LogP contribution in [-0.4, -0.2) is 56.0 Å². The Balaban J connectivity index is 1.51. The third kappa shape index (κ3) is 4.01. The topological polar surface area (TPSA) is 75.6 Å². The molecule has 1 saturated heterocycles. The molecule has 0 bridgehead atoms. The molecule has 0 amide bonds. The van der Waals surface area contributed by atoms with Crippen molar-refractivity contribution in [1.82, 2.24) is 14.3 Å². The quantitative estimate of drug-likeness (QED) is 0.627. The van der Waals surface area contributed by atoms with Crippen molar-refractivity contribution >= 4 is 15.8 Å². The van der Waals surface area contributed by atoms with Crippen LogP contribution < -0.4 is 9.64 Å². The number of ether oxygens (including phenoxy) is 1. The normalized spacial score (nSPS) is 15.2. The van der Waals surface area contributed by atoms with Gasteiger partial charge in [0.05, 0.1) is 12.8 Å². The van der Waals surface area contributed by atoms with Crippen LogP contribution in [0.15, 0.2) is 65.8 Å². The Bertz CT molecular complexity index is 1130. The lowest BCUT2D eigenvalue weighted by Gasteiger charge is -2.35. The SMILES string of the molecule is COc1ccc(C)cc1S(=O)(=O)N1CCN(c2cc(-c3ccccc3)ncn2)CC1. The predicted octanol–water partition coefficient (Wildman–Crippen LogP) is 2.97. The number of anilines is 1. The number of benzene rings is 2. The Morgan fingerprint density at radius 2 is 1.67 bits per heavy atom. The van der Waals surface area contributed by atoms with Gasteiger partial charge in [-0.1, -0.05) is 36.4 Å². The van der Waals surface area contributed by atoms with Gasteiger partial charge < -0.3 is 9.64 Å². The molecule has 1 fully saturated rings. The van der Waals surface area contributed by atoms with E-state index in [2.05, 4.69) is 14.9 Å². The number of rotatable bonds is 5. The highest BCUT2D eigenvalue weighted by Gasteiger charge is 2.31. The molecule has 0 unspecified atom stereocenters. The van der Waals surface area contributed by atoms with Gasteiger partial charge in [-0.25, -0.2) is 18.4 Å². The first-order valence-electron chi connectivity index (χ1n) is 9.76. The van der Waals surface area contributed by atoms with Gasteiger partial charge in [-0.15, -0.1) is 0 Å². The van der Waals surface area contributed by atoms with Crippen LogP contribution in [0.5, 0.6) is 5.75 Å². The maximum absolute atomic E-state index is 13.2. The van der Waals surface area contributed by atoms with Crippen molar-refractivity contribution in [3.8, 4) is 17.0 Å². The van der Waals surface area contributed by atoms with Gasteiger partial charge >= 0.3 is 0 Å². The fraction of sp³-hybridized carbons (Fsp3) is 0.273. The number of hydrogen-bond donors (Lipinski definition) is 0. The zero-order chi connectivity index (χ0) is 21.1.